The molecule has 0 fully saturated rings. The van der Waals surface area contributed by atoms with Crippen LogP contribution in [-0.2, 0) is 0 Å². The van der Waals surface area contributed by atoms with Crippen LogP contribution in [0.2, 0.25) is 5.02 Å². The number of alkyl halides is 2. The first kappa shape index (κ1) is 27.3. The molecule has 0 radical (unpaired) electrons. The van der Waals surface area contributed by atoms with Crippen molar-refractivity contribution in [1.82, 2.24) is 10.0 Å². The SMILES string of the molecule is CNCCN(C)c1cc(OC(F)F)ccc1Nc1cc(F)c(SNC(C)S/C=C\N)cc1Cl. The fourth-order valence-corrected chi connectivity index (χ4v) is 4.29. The Morgan fingerprint density at radius 1 is 1.24 bits per heavy atom. The van der Waals surface area contributed by atoms with E-state index >= 15 is 0 Å². The lowest BCUT2D eigenvalue weighted by atomic mass is 10.2. The first-order valence-corrected chi connectivity index (χ1v) is 12.0. The predicted molar refractivity (Wildman–Crippen MR) is 134 cm³/mol. The maximum absolute atomic E-state index is 14.7. The number of halogens is 4. The highest BCUT2D eigenvalue weighted by molar-refractivity contribution is 8.04. The summed E-state index contributed by atoms with van der Waals surface area (Å²) in [5, 5.41) is 8.17. The Labute approximate surface area is 205 Å². The predicted octanol–water partition coefficient (Wildman–Crippen LogP) is 5.59. The number of nitrogens with one attached hydrogen (secondary N) is 3. The van der Waals surface area contributed by atoms with Crippen molar-refractivity contribution >= 4 is 52.4 Å². The summed E-state index contributed by atoms with van der Waals surface area (Å²) in [5.41, 5.74) is 6.83. The van der Waals surface area contributed by atoms with E-state index in [1.54, 1.807) is 11.5 Å². The third-order valence-electron chi connectivity index (χ3n) is 4.29. The molecule has 0 aliphatic heterocycles. The molecule has 0 saturated carbocycles. The Kier molecular flexibility index (Phi) is 11.3. The van der Waals surface area contributed by atoms with Crippen LogP contribution in [0.3, 0.4) is 0 Å². The first-order chi connectivity index (χ1) is 15.7. The Morgan fingerprint density at radius 2 is 2.00 bits per heavy atom. The smallest absolute Gasteiger partial charge is 0.387 e. The number of nitrogens with zero attached hydrogens (tertiary/aromatic N) is 1. The van der Waals surface area contributed by atoms with Crippen molar-refractivity contribution in [1.29, 1.82) is 0 Å². The average Bonchev–Trinajstić information content (AvgIpc) is 2.77. The van der Waals surface area contributed by atoms with Crippen molar-refractivity contribution in [3.8, 4) is 5.75 Å². The number of benzene rings is 2. The maximum atomic E-state index is 14.7. The van der Waals surface area contributed by atoms with Crippen molar-refractivity contribution in [2.75, 3.05) is 37.4 Å². The number of anilines is 3. The third-order valence-corrected chi connectivity index (χ3v) is 6.60. The fraction of sp³-hybridized carbons (Fsp3) is 0.333. The van der Waals surface area contributed by atoms with E-state index in [0.717, 1.165) is 11.9 Å². The molecule has 1 unspecified atom stereocenters. The summed E-state index contributed by atoms with van der Waals surface area (Å²) in [7, 11) is 3.63. The summed E-state index contributed by atoms with van der Waals surface area (Å²) < 4.78 is 47.7. The molecule has 2 aromatic rings. The van der Waals surface area contributed by atoms with Crippen LogP contribution in [0.15, 0.2) is 46.8 Å². The van der Waals surface area contributed by atoms with Gasteiger partial charge in [-0.05, 0) is 49.5 Å². The highest BCUT2D eigenvalue weighted by Gasteiger charge is 2.15. The summed E-state index contributed by atoms with van der Waals surface area (Å²) >= 11 is 8.99. The molecule has 5 N–H and O–H groups in total. The molecule has 0 bridgehead atoms. The second kappa shape index (κ2) is 13.7. The van der Waals surface area contributed by atoms with Gasteiger partial charge in [0.25, 0.3) is 0 Å². The van der Waals surface area contributed by atoms with Gasteiger partial charge in [0.05, 0.1) is 32.4 Å². The molecule has 182 valence electrons. The van der Waals surface area contributed by atoms with Crippen LogP contribution < -0.4 is 30.7 Å². The van der Waals surface area contributed by atoms with Gasteiger partial charge in [0, 0.05) is 38.5 Å². The number of rotatable bonds is 13. The van der Waals surface area contributed by atoms with Crippen LogP contribution in [0, 0.1) is 5.82 Å². The number of hydrogen-bond donors (Lipinski definition) is 4. The van der Waals surface area contributed by atoms with E-state index in [2.05, 4.69) is 20.1 Å². The minimum absolute atomic E-state index is 0.00421. The van der Waals surface area contributed by atoms with Crippen molar-refractivity contribution < 1.29 is 17.9 Å². The van der Waals surface area contributed by atoms with Crippen molar-refractivity contribution in [3.05, 3.63) is 52.8 Å². The molecule has 0 aliphatic rings. The number of ether oxygens (including phenoxy) is 1. The lowest BCUT2D eigenvalue weighted by Crippen LogP contribution is -2.27. The van der Waals surface area contributed by atoms with E-state index in [9.17, 15) is 13.2 Å². The Balaban J connectivity index is 2.25. The molecule has 2 aromatic carbocycles. The molecule has 2 rings (SSSR count). The zero-order valence-corrected chi connectivity index (χ0v) is 20.8. The van der Waals surface area contributed by atoms with Gasteiger partial charge in [-0.3, -0.25) is 0 Å². The molecule has 12 heteroatoms. The van der Waals surface area contributed by atoms with E-state index in [-0.39, 0.29) is 11.1 Å². The molecular weight excluding hydrogens is 495 g/mol. The summed E-state index contributed by atoms with van der Waals surface area (Å²) in [4.78, 5) is 2.20. The Hall–Kier alpha value is -1.92. The second-order valence-electron chi connectivity index (χ2n) is 6.80. The van der Waals surface area contributed by atoms with Crippen molar-refractivity contribution in [2.45, 2.75) is 23.8 Å². The number of likely N-dealkylation sites (N-methyl/N-ethyl adjacent to an activating group) is 2. The summed E-state index contributed by atoms with van der Waals surface area (Å²) in [6.45, 7) is 0.249. The van der Waals surface area contributed by atoms with E-state index in [1.165, 1.54) is 42.2 Å². The lowest BCUT2D eigenvalue weighted by molar-refractivity contribution is -0.0498. The van der Waals surface area contributed by atoms with Gasteiger partial charge in [-0.1, -0.05) is 11.6 Å². The Bertz CT molecular complexity index is 939. The van der Waals surface area contributed by atoms with Gasteiger partial charge in [0.2, 0.25) is 0 Å². The van der Waals surface area contributed by atoms with Gasteiger partial charge in [-0.2, -0.15) is 8.78 Å². The highest BCUT2D eigenvalue weighted by Crippen LogP contribution is 2.37. The van der Waals surface area contributed by atoms with E-state index < -0.39 is 12.4 Å². The number of thioether (sulfide) groups is 1. The normalized spacial score (nSPS) is 12.4. The van der Waals surface area contributed by atoms with Crippen LogP contribution >= 0.6 is 35.3 Å². The van der Waals surface area contributed by atoms with Gasteiger partial charge in [-0.15, -0.1) is 11.8 Å². The lowest BCUT2D eigenvalue weighted by Gasteiger charge is -2.24. The largest absolute Gasteiger partial charge is 0.435 e. The molecule has 1 atom stereocenters. The Morgan fingerprint density at radius 3 is 2.67 bits per heavy atom. The number of hydrogen-bond acceptors (Lipinski definition) is 8. The van der Waals surface area contributed by atoms with Crippen LogP contribution in [0.25, 0.3) is 0 Å². The average molecular weight is 522 g/mol. The van der Waals surface area contributed by atoms with Crippen LogP contribution in [0.5, 0.6) is 5.75 Å². The van der Waals surface area contributed by atoms with Crippen LogP contribution in [0.4, 0.5) is 30.2 Å². The monoisotopic (exact) mass is 521 g/mol. The van der Waals surface area contributed by atoms with Crippen LogP contribution in [0.1, 0.15) is 6.92 Å². The van der Waals surface area contributed by atoms with Crippen LogP contribution in [-0.4, -0.2) is 39.2 Å². The third kappa shape index (κ3) is 8.74. The van der Waals surface area contributed by atoms with Gasteiger partial charge in [-0.25, -0.2) is 9.11 Å². The zero-order valence-electron chi connectivity index (χ0n) is 18.4. The van der Waals surface area contributed by atoms with E-state index in [0.29, 0.717) is 40.1 Å². The second-order valence-corrected chi connectivity index (χ2v) is 9.34. The van der Waals surface area contributed by atoms with Crippen molar-refractivity contribution in [3.63, 3.8) is 0 Å². The van der Waals surface area contributed by atoms with Gasteiger partial charge in [0.1, 0.15) is 11.6 Å². The maximum Gasteiger partial charge on any atom is 0.387 e. The molecular formula is C21H27ClF3N5OS2. The zero-order chi connectivity index (χ0) is 24.4. The molecule has 0 amide bonds. The molecule has 0 aliphatic carbocycles. The van der Waals surface area contributed by atoms with Gasteiger partial charge >= 0.3 is 6.61 Å². The fourth-order valence-electron chi connectivity index (χ4n) is 2.69. The first-order valence-electron chi connectivity index (χ1n) is 9.90. The topological polar surface area (TPSA) is 74.6 Å². The van der Waals surface area contributed by atoms with E-state index in [1.807, 2.05) is 25.9 Å². The molecule has 0 spiro atoms. The van der Waals surface area contributed by atoms with Gasteiger partial charge < -0.3 is 26.0 Å². The number of nitrogens with two attached hydrogens (primary N) is 1. The van der Waals surface area contributed by atoms with Crippen molar-refractivity contribution in [2.24, 2.45) is 5.73 Å². The molecule has 6 nitrogen and oxygen atoms in total. The molecule has 0 aromatic heterocycles. The summed E-state index contributed by atoms with van der Waals surface area (Å²) in [5.74, 6) is -0.442. The van der Waals surface area contributed by atoms with Gasteiger partial charge in [0.15, 0.2) is 0 Å². The molecule has 0 saturated heterocycles. The standard InChI is InChI=1S/C21H27ClF3N5OS2/c1-13(32-9-6-26)29-33-20-11-15(22)18(12-16(20)23)28-17-5-4-14(31-21(24)25)10-19(17)30(3)8-7-27-2/h4-6,9-13,21,27-29H,7-8,26H2,1-3H3/b9-6-. The molecule has 33 heavy (non-hydrogen) atoms. The quantitative estimate of drug-likeness (QED) is 0.201. The molecule has 0 heterocycles. The van der Waals surface area contributed by atoms with E-state index in [4.69, 9.17) is 17.3 Å². The minimum Gasteiger partial charge on any atom is -0.435 e. The minimum atomic E-state index is -2.94. The highest BCUT2D eigenvalue weighted by atomic mass is 35.5. The summed E-state index contributed by atoms with van der Waals surface area (Å²) in [6, 6.07) is 7.32. The summed E-state index contributed by atoms with van der Waals surface area (Å²) in [6.07, 6.45) is 1.43.